The van der Waals surface area contributed by atoms with E-state index in [4.69, 9.17) is 16.3 Å². The number of rotatable bonds is 5. The van der Waals surface area contributed by atoms with Crippen LogP contribution in [0.5, 0.6) is 5.88 Å². The van der Waals surface area contributed by atoms with E-state index in [0.29, 0.717) is 36.3 Å². The van der Waals surface area contributed by atoms with Crippen molar-refractivity contribution in [3.8, 4) is 5.88 Å². The van der Waals surface area contributed by atoms with Gasteiger partial charge < -0.3 is 19.5 Å². The van der Waals surface area contributed by atoms with Crippen LogP contribution in [-0.2, 0) is 19.9 Å². The summed E-state index contributed by atoms with van der Waals surface area (Å²) in [4.78, 5) is 27.1. The van der Waals surface area contributed by atoms with Gasteiger partial charge >= 0.3 is 6.09 Å². The van der Waals surface area contributed by atoms with Gasteiger partial charge in [-0.3, -0.25) is 4.79 Å². The lowest BCUT2D eigenvalue weighted by Crippen LogP contribution is -2.32. The Morgan fingerprint density at radius 2 is 2.19 bits per heavy atom. The molecular weight excluding hydrogens is 439 g/mol. The number of hydrogen-bond acceptors (Lipinski definition) is 5. The summed E-state index contributed by atoms with van der Waals surface area (Å²) in [5.74, 6) is -0.731. The second-order valence-corrected chi connectivity index (χ2v) is 7.98. The van der Waals surface area contributed by atoms with Gasteiger partial charge in [0.25, 0.3) is 11.8 Å². The normalized spacial score (nSPS) is 14.8. The van der Waals surface area contributed by atoms with E-state index >= 15 is 0 Å². The lowest BCUT2D eigenvalue weighted by molar-refractivity contribution is 0.101. The lowest BCUT2D eigenvalue weighted by atomic mass is 10.1. The Labute approximate surface area is 188 Å². The molecule has 0 radical (unpaired) electrons. The van der Waals surface area contributed by atoms with Gasteiger partial charge in [0.15, 0.2) is 0 Å². The van der Waals surface area contributed by atoms with E-state index in [1.54, 1.807) is 18.7 Å². The standard InChI is InChI=1S/C21H22ClFN6O3/c1-4-16-20(26-27-25-16)32-21(31)29(3)17-8-6-12-13(17)10-28(2)18(12)19(30)24-11-5-7-15(23)14(22)9-11/h5,7,9-10,17H,4,6,8H2,1-3H3,(H,24,30)(H,25,26,27). The molecule has 0 saturated carbocycles. The number of carbonyl (C=O) groups excluding carboxylic acids is 2. The number of ether oxygens (including phenoxy) is 1. The Morgan fingerprint density at radius 3 is 2.91 bits per heavy atom. The van der Waals surface area contributed by atoms with Crippen LogP contribution in [0.3, 0.4) is 0 Å². The zero-order chi connectivity index (χ0) is 23.0. The minimum atomic E-state index is -0.557. The fourth-order valence-electron chi connectivity index (χ4n) is 3.99. The van der Waals surface area contributed by atoms with Crippen molar-refractivity contribution in [3.63, 3.8) is 0 Å². The van der Waals surface area contributed by atoms with Crippen LogP contribution in [0.15, 0.2) is 24.4 Å². The molecule has 0 spiro atoms. The molecule has 1 aliphatic rings. The number of halogens is 2. The number of fused-ring (bicyclic) bond motifs is 1. The van der Waals surface area contributed by atoms with Gasteiger partial charge in [0.1, 0.15) is 17.2 Å². The zero-order valence-corrected chi connectivity index (χ0v) is 18.5. The highest BCUT2D eigenvalue weighted by Crippen LogP contribution is 2.38. The zero-order valence-electron chi connectivity index (χ0n) is 17.8. The van der Waals surface area contributed by atoms with Gasteiger partial charge in [-0.1, -0.05) is 18.5 Å². The highest BCUT2D eigenvalue weighted by atomic mass is 35.5. The third kappa shape index (κ3) is 3.93. The first-order valence-electron chi connectivity index (χ1n) is 10.1. The van der Waals surface area contributed by atoms with Crippen molar-refractivity contribution in [1.29, 1.82) is 0 Å². The Hall–Kier alpha value is -3.40. The first-order chi connectivity index (χ1) is 15.3. The third-order valence-corrected chi connectivity index (χ3v) is 5.89. The number of benzene rings is 1. The number of H-pyrrole nitrogens is 1. The minimum absolute atomic E-state index is 0.0709. The van der Waals surface area contributed by atoms with E-state index in [1.165, 1.54) is 23.1 Å². The van der Waals surface area contributed by atoms with Crippen LogP contribution in [0.2, 0.25) is 5.02 Å². The molecule has 2 aromatic heterocycles. The number of amides is 2. The van der Waals surface area contributed by atoms with E-state index < -0.39 is 11.9 Å². The average Bonchev–Trinajstić information content (AvgIpc) is 3.44. The predicted octanol–water partition coefficient (Wildman–Crippen LogP) is 3.87. The molecule has 4 rings (SSSR count). The van der Waals surface area contributed by atoms with E-state index in [0.717, 1.165) is 11.1 Å². The maximum Gasteiger partial charge on any atom is 0.416 e. The molecule has 0 bridgehead atoms. The molecule has 11 heteroatoms. The van der Waals surface area contributed by atoms with Gasteiger partial charge in [-0.15, -0.1) is 5.10 Å². The summed E-state index contributed by atoms with van der Waals surface area (Å²) >= 11 is 5.81. The van der Waals surface area contributed by atoms with Gasteiger partial charge in [0.05, 0.1) is 11.1 Å². The van der Waals surface area contributed by atoms with Crippen LogP contribution in [0.1, 0.15) is 46.7 Å². The van der Waals surface area contributed by atoms with E-state index in [1.807, 2.05) is 13.1 Å². The summed E-state index contributed by atoms with van der Waals surface area (Å²) in [5.41, 5.74) is 3.18. The van der Waals surface area contributed by atoms with Crippen LogP contribution in [0, 0.1) is 5.82 Å². The van der Waals surface area contributed by atoms with E-state index in [2.05, 4.69) is 20.7 Å². The van der Waals surface area contributed by atoms with Gasteiger partial charge in [-0.2, -0.15) is 10.3 Å². The molecule has 2 N–H and O–H groups in total. The lowest BCUT2D eigenvalue weighted by Gasteiger charge is -2.23. The van der Waals surface area contributed by atoms with Crippen LogP contribution in [0.4, 0.5) is 14.9 Å². The maximum absolute atomic E-state index is 13.4. The van der Waals surface area contributed by atoms with Crippen LogP contribution in [-0.4, -0.2) is 43.9 Å². The molecular formula is C21H22ClFN6O3. The van der Waals surface area contributed by atoms with E-state index in [-0.39, 0.29) is 22.9 Å². The molecule has 1 aromatic carbocycles. The van der Waals surface area contributed by atoms with Crippen LogP contribution >= 0.6 is 11.6 Å². The number of nitrogens with one attached hydrogen (secondary N) is 2. The monoisotopic (exact) mass is 460 g/mol. The van der Waals surface area contributed by atoms with Crippen molar-refractivity contribution in [2.24, 2.45) is 7.05 Å². The largest absolute Gasteiger partial charge is 0.416 e. The summed E-state index contributed by atoms with van der Waals surface area (Å²) in [6.45, 7) is 1.89. The van der Waals surface area contributed by atoms with Crippen molar-refractivity contribution >= 4 is 29.3 Å². The maximum atomic E-state index is 13.4. The van der Waals surface area contributed by atoms with Gasteiger partial charge in [-0.05, 0) is 48.6 Å². The molecule has 1 unspecified atom stereocenters. The SMILES string of the molecule is CCc1n[nH]nc1OC(=O)N(C)C1CCc2c1cn(C)c2C(=O)Nc1ccc(F)c(Cl)c1. The molecule has 32 heavy (non-hydrogen) atoms. The number of aromatic nitrogens is 4. The second kappa shape index (κ2) is 8.62. The van der Waals surface area contributed by atoms with Crippen molar-refractivity contribution < 1.29 is 18.7 Å². The predicted molar refractivity (Wildman–Crippen MR) is 115 cm³/mol. The highest BCUT2D eigenvalue weighted by Gasteiger charge is 2.35. The minimum Gasteiger partial charge on any atom is -0.387 e. The molecule has 1 aliphatic carbocycles. The quantitative estimate of drug-likeness (QED) is 0.601. The summed E-state index contributed by atoms with van der Waals surface area (Å²) in [5, 5.41) is 13.0. The smallest absolute Gasteiger partial charge is 0.387 e. The number of aryl methyl sites for hydroxylation is 2. The third-order valence-electron chi connectivity index (χ3n) is 5.60. The molecule has 9 nitrogen and oxygen atoms in total. The van der Waals surface area contributed by atoms with Gasteiger partial charge in [0, 0.05) is 26.0 Å². The Morgan fingerprint density at radius 1 is 1.41 bits per heavy atom. The van der Waals surface area contributed by atoms with Crippen molar-refractivity contribution in [1.82, 2.24) is 24.9 Å². The van der Waals surface area contributed by atoms with Crippen LogP contribution in [0.25, 0.3) is 0 Å². The molecule has 3 aromatic rings. The van der Waals surface area contributed by atoms with Crippen molar-refractivity contribution in [2.75, 3.05) is 12.4 Å². The van der Waals surface area contributed by atoms with Crippen molar-refractivity contribution in [3.05, 3.63) is 57.8 Å². The highest BCUT2D eigenvalue weighted by molar-refractivity contribution is 6.31. The first-order valence-corrected chi connectivity index (χ1v) is 10.5. The Bertz CT molecular complexity index is 1190. The van der Waals surface area contributed by atoms with Crippen molar-refractivity contribution in [2.45, 2.75) is 32.2 Å². The second-order valence-electron chi connectivity index (χ2n) is 7.57. The molecule has 2 amide bonds. The number of nitrogens with zero attached hydrogens (tertiary/aromatic N) is 4. The fourth-order valence-corrected chi connectivity index (χ4v) is 4.17. The van der Waals surface area contributed by atoms with E-state index in [9.17, 15) is 14.0 Å². The molecule has 1 atom stereocenters. The summed E-state index contributed by atoms with van der Waals surface area (Å²) in [6, 6.07) is 3.76. The Kier molecular flexibility index (Phi) is 5.88. The molecule has 0 saturated heterocycles. The Balaban J connectivity index is 1.52. The topological polar surface area (TPSA) is 105 Å². The molecule has 0 fully saturated rings. The number of carbonyl (C=O) groups is 2. The first kappa shape index (κ1) is 21.8. The average molecular weight is 461 g/mol. The summed E-state index contributed by atoms with van der Waals surface area (Å²) in [7, 11) is 3.42. The van der Waals surface area contributed by atoms with Crippen LogP contribution < -0.4 is 10.1 Å². The van der Waals surface area contributed by atoms with Gasteiger partial charge in [-0.25, -0.2) is 9.18 Å². The molecule has 0 aliphatic heterocycles. The number of aromatic amines is 1. The summed E-state index contributed by atoms with van der Waals surface area (Å²) in [6.07, 6.45) is 3.14. The molecule has 2 heterocycles. The number of anilines is 1. The van der Waals surface area contributed by atoms with Gasteiger partial charge in [0.2, 0.25) is 0 Å². The number of hydrogen-bond donors (Lipinski definition) is 2. The molecule has 168 valence electrons. The summed E-state index contributed by atoms with van der Waals surface area (Å²) < 4.78 is 20.5. The fraction of sp³-hybridized carbons (Fsp3) is 0.333.